The zero-order valence-electron chi connectivity index (χ0n) is 16.4. The van der Waals surface area contributed by atoms with Crippen molar-refractivity contribution in [1.82, 2.24) is 20.0 Å². The van der Waals surface area contributed by atoms with E-state index in [0.717, 1.165) is 17.7 Å². The van der Waals surface area contributed by atoms with Crippen LogP contribution in [-0.4, -0.2) is 58.8 Å². The predicted molar refractivity (Wildman–Crippen MR) is 116 cm³/mol. The molecule has 0 saturated heterocycles. The Hall–Kier alpha value is -2.35. The maximum absolute atomic E-state index is 12.8. The van der Waals surface area contributed by atoms with Crippen LogP contribution in [0.3, 0.4) is 0 Å². The number of rotatable bonds is 9. The summed E-state index contributed by atoms with van der Waals surface area (Å²) in [5, 5.41) is 9.11. The third-order valence-corrected chi connectivity index (χ3v) is 5.26. The maximum atomic E-state index is 12.8. The van der Waals surface area contributed by atoms with Crippen LogP contribution in [0.15, 0.2) is 64.2 Å². The van der Waals surface area contributed by atoms with Crippen LogP contribution in [0, 0.1) is 0 Å². The summed E-state index contributed by atoms with van der Waals surface area (Å²) in [4.78, 5) is 16.8. The smallest absolute Gasteiger partial charge is 0.277 e. The Morgan fingerprint density at radius 2 is 1.76 bits per heavy atom. The highest BCUT2D eigenvalue weighted by Crippen LogP contribution is 2.24. The Morgan fingerprint density at radius 3 is 2.45 bits per heavy atom. The van der Waals surface area contributed by atoms with Crippen molar-refractivity contribution in [3.8, 4) is 11.5 Å². The molecule has 0 aliphatic carbocycles. The minimum absolute atomic E-state index is 0.0342. The predicted octanol–water partition coefficient (Wildman–Crippen LogP) is 4.07. The summed E-state index contributed by atoms with van der Waals surface area (Å²) >= 11 is 7.15. The molecule has 1 aromatic heterocycles. The first-order valence-corrected chi connectivity index (χ1v) is 10.6. The van der Waals surface area contributed by atoms with Crippen molar-refractivity contribution in [3.05, 3.63) is 65.2 Å². The molecule has 0 aliphatic heterocycles. The fourth-order valence-electron chi connectivity index (χ4n) is 2.61. The normalized spacial score (nSPS) is 11.0. The van der Waals surface area contributed by atoms with Gasteiger partial charge >= 0.3 is 0 Å². The van der Waals surface area contributed by atoms with E-state index in [4.69, 9.17) is 16.0 Å². The van der Waals surface area contributed by atoms with Gasteiger partial charge in [-0.2, -0.15) is 0 Å². The Morgan fingerprint density at radius 1 is 1.03 bits per heavy atom. The zero-order valence-corrected chi connectivity index (χ0v) is 18.0. The third kappa shape index (κ3) is 6.59. The number of aromatic nitrogens is 2. The monoisotopic (exact) mass is 430 g/mol. The number of carbonyl (C=O) groups is 1. The molecule has 29 heavy (non-hydrogen) atoms. The van der Waals surface area contributed by atoms with E-state index in [1.165, 1.54) is 11.8 Å². The van der Waals surface area contributed by atoms with Crippen molar-refractivity contribution in [2.45, 2.75) is 11.8 Å². The minimum Gasteiger partial charge on any atom is -0.411 e. The first kappa shape index (κ1) is 21.4. The van der Waals surface area contributed by atoms with E-state index in [9.17, 15) is 4.79 Å². The Bertz CT molecular complexity index is 916. The summed E-state index contributed by atoms with van der Waals surface area (Å²) in [5.41, 5.74) is 1.89. The van der Waals surface area contributed by atoms with Crippen LogP contribution in [0.4, 0.5) is 0 Å². The number of thioether (sulfide) groups is 1. The number of benzene rings is 2. The molecule has 0 bridgehead atoms. The van der Waals surface area contributed by atoms with Crippen LogP contribution in [0.5, 0.6) is 0 Å². The van der Waals surface area contributed by atoms with Gasteiger partial charge in [0.15, 0.2) is 0 Å². The molecule has 0 aliphatic rings. The lowest BCUT2D eigenvalue weighted by Gasteiger charge is -2.24. The topological polar surface area (TPSA) is 62.5 Å². The quantitative estimate of drug-likeness (QED) is 0.477. The van der Waals surface area contributed by atoms with E-state index in [1.54, 1.807) is 12.1 Å². The largest absolute Gasteiger partial charge is 0.411 e. The van der Waals surface area contributed by atoms with Crippen molar-refractivity contribution in [2.75, 3.05) is 32.9 Å². The number of hydrogen-bond acceptors (Lipinski definition) is 6. The van der Waals surface area contributed by atoms with Crippen LogP contribution in [-0.2, 0) is 11.3 Å². The first-order chi connectivity index (χ1) is 14.0. The Labute approximate surface area is 179 Å². The highest BCUT2D eigenvalue weighted by Gasteiger charge is 2.17. The molecule has 0 unspecified atom stereocenters. The average Bonchev–Trinajstić information content (AvgIpc) is 3.19. The van der Waals surface area contributed by atoms with Gasteiger partial charge in [-0.15, -0.1) is 10.2 Å². The van der Waals surface area contributed by atoms with Gasteiger partial charge in [0.2, 0.25) is 11.8 Å². The molecule has 0 radical (unpaired) electrons. The highest BCUT2D eigenvalue weighted by atomic mass is 35.5. The molecular formula is C21H23ClN4O2S. The van der Waals surface area contributed by atoms with E-state index in [2.05, 4.69) is 15.1 Å². The molecule has 0 fully saturated rings. The van der Waals surface area contributed by atoms with E-state index < -0.39 is 0 Å². The fraction of sp³-hybridized carbons (Fsp3) is 0.286. The Kier molecular flexibility index (Phi) is 7.69. The highest BCUT2D eigenvalue weighted by molar-refractivity contribution is 7.99. The van der Waals surface area contributed by atoms with Gasteiger partial charge in [0.1, 0.15) is 0 Å². The summed E-state index contributed by atoms with van der Waals surface area (Å²) in [6.07, 6.45) is 0. The summed E-state index contributed by atoms with van der Waals surface area (Å²) < 4.78 is 5.67. The number of nitrogens with zero attached hydrogens (tertiary/aromatic N) is 4. The molecule has 3 rings (SSSR count). The summed E-state index contributed by atoms with van der Waals surface area (Å²) in [5.74, 6) is 0.681. The van der Waals surface area contributed by atoms with Crippen molar-refractivity contribution < 1.29 is 9.21 Å². The van der Waals surface area contributed by atoms with E-state index in [1.807, 2.05) is 61.5 Å². The van der Waals surface area contributed by atoms with Crippen LogP contribution in [0.2, 0.25) is 5.02 Å². The summed E-state index contributed by atoms with van der Waals surface area (Å²) in [6.45, 7) is 2.03. The van der Waals surface area contributed by atoms with Gasteiger partial charge in [0.25, 0.3) is 5.22 Å². The van der Waals surface area contributed by atoms with Gasteiger partial charge in [-0.05, 0) is 43.9 Å². The second-order valence-corrected chi connectivity index (χ2v) is 8.14. The molecule has 0 atom stereocenters. The van der Waals surface area contributed by atoms with Crippen molar-refractivity contribution in [3.63, 3.8) is 0 Å². The molecular weight excluding hydrogens is 408 g/mol. The number of hydrogen-bond donors (Lipinski definition) is 0. The Balaban J connectivity index is 1.61. The molecule has 152 valence electrons. The molecule has 2 aromatic carbocycles. The second-order valence-electron chi connectivity index (χ2n) is 6.77. The number of amides is 1. The molecule has 1 heterocycles. The second kappa shape index (κ2) is 10.4. The number of carbonyl (C=O) groups excluding carboxylic acids is 1. The van der Waals surface area contributed by atoms with Gasteiger partial charge in [-0.25, -0.2) is 0 Å². The number of halogens is 1. The lowest BCUT2D eigenvalue weighted by atomic mass is 10.2. The van der Waals surface area contributed by atoms with Gasteiger partial charge < -0.3 is 14.2 Å². The van der Waals surface area contributed by atoms with Crippen LogP contribution in [0.1, 0.15) is 5.56 Å². The molecule has 0 saturated carbocycles. The van der Waals surface area contributed by atoms with Gasteiger partial charge in [0.05, 0.1) is 5.75 Å². The molecule has 1 amide bonds. The van der Waals surface area contributed by atoms with E-state index in [-0.39, 0.29) is 11.7 Å². The van der Waals surface area contributed by atoms with E-state index >= 15 is 0 Å². The van der Waals surface area contributed by atoms with Crippen LogP contribution in [0.25, 0.3) is 11.5 Å². The van der Waals surface area contributed by atoms with Crippen LogP contribution >= 0.6 is 23.4 Å². The third-order valence-electron chi connectivity index (χ3n) is 4.20. The van der Waals surface area contributed by atoms with Gasteiger partial charge in [-0.1, -0.05) is 53.7 Å². The van der Waals surface area contributed by atoms with Gasteiger partial charge in [0, 0.05) is 30.2 Å². The lowest BCUT2D eigenvalue weighted by molar-refractivity contribution is -0.129. The van der Waals surface area contributed by atoms with Crippen molar-refractivity contribution >= 4 is 29.3 Å². The van der Waals surface area contributed by atoms with Crippen molar-refractivity contribution in [1.29, 1.82) is 0 Å². The molecule has 0 N–H and O–H groups in total. The fourth-order valence-corrected chi connectivity index (χ4v) is 3.40. The average molecular weight is 431 g/mol. The minimum atomic E-state index is 0.0342. The number of likely N-dealkylation sites (N-methyl/N-ethyl adjacent to an activating group) is 1. The molecule has 8 heteroatoms. The van der Waals surface area contributed by atoms with Crippen LogP contribution < -0.4 is 0 Å². The lowest BCUT2D eigenvalue weighted by Crippen LogP contribution is -2.37. The van der Waals surface area contributed by atoms with Gasteiger partial charge in [-0.3, -0.25) is 4.79 Å². The first-order valence-electron chi connectivity index (χ1n) is 9.20. The molecule has 0 spiro atoms. The van der Waals surface area contributed by atoms with E-state index in [0.29, 0.717) is 29.2 Å². The standard InChI is InChI=1S/C21H23ClN4O2S/c1-25(2)12-13-26(14-16-6-4-3-5-7-16)19(27)15-29-21-24-23-20(28-21)17-8-10-18(22)11-9-17/h3-11H,12-15H2,1-2H3. The summed E-state index contributed by atoms with van der Waals surface area (Å²) in [6, 6.07) is 17.2. The van der Waals surface area contributed by atoms with Crippen molar-refractivity contribution in [2.24, 2.45) is 0 Å². The zero-order chi connectivity index (χ0) is 20.6. The molecule has 3 aromatic rings. The SMILES string of the molecule is CN(C)CCN(Cc1ccccc1)C(=O)CSc1nnc(-c2ccc(Cl)cc2)o1. The maximum Gasteiger partial charge on any atom is 0.277 e. The molecule has 6 nitrogen and oxygen atoms in total. The summed E-state index contributed by atoms with van der Waals surface area (Å²) in [7, 11) is 3.99.